The highest BCUT2D eigenvalue weighted by molar-refractivity contribution is 8.17. The molecule has 0 aliphatic rings. The summed E-state index contributed by atoms with van der Waals surface area (Å²) in [7, 11) is 0. The van der Waals surface area contributed by atoms with Crippen LogP contribution in [-0.4, -0.2) is 32.6 Å². The van der Waals surface area contributed by atoms with Gasteiger partial charge in [-0.15, -0.1) is 23.5 Å². The normalized spacial score (nSPS) is 16.1. The first-order valence-electron chi connectivity index (χ1n) is 5.32. The van der Waals surface area contributed by atoms with Crippen molar-refractivity contribution in [3.05, 3.63) is 0 Å². The average Bonchev–Trinajstić information content (AvgIpc) is 2.13. The maximum atomic E-state index is 10.6. The number of hydrogen-bond donors (Lipinski definition) is 1. The summed E-state index contributed by atoms with van der Waals surface area (Å²) in [5, 5.41) is 10.9. The van der Waals surface area contributed by atoms with Gasteiger partial charge < -0.3 is 9.90 Å². The monoisotopic (exact) mass is 250 g/mol. The van der Waals surface area contributed by atoms with E-state index in [1.54, 1.807) is 30.4 Å². The van der Waals surface area contributed by atoms with E-state index in [9.17, 15) is 9.90 Å². The Morgan fingerprint density at radius 2 is 1.40 bits per heavy atom. The third kappa shape index (κ3) is 6.48. The molecule has 4 heteroatoms. The van der Waals surface area contributed by atoms with E-state index < -0.39 is 6.10 Å². The minimum atomic E-state index is -0.553. The molecule has 0 fully saturated rings. The molecule has 0 radical (unpaired) electrons. The lowest BCUT2D eigenvalue weighted by Crippen LogP contribution is -2.30. The molecule has 0 aromatic rings. The fraction of sp³-hybridized carbons (Fsp3) is 0.909. The van der Waals surface area contributed by atoms with E-state index in [0.29, 0.717) is 10.5 Å². The van der Waals surface area contributed by atoms with Gasteiger partial charge in [-0.3, -0.25) is 0 Å². The fourth-order valence-electron chi connectivity index (χ4n) is 1.06. The minimum absolute atomic E-state index is 0.0881. The van der Waals surface area contributed by atoms with Crippen molar-refractivity contribution in [2.45, 2.75) is 55.8 Å². The van der Waals surface area contributed by atoms with Crippen LogP contribution >= 0.6 is 23.5 Å². The summed E-state index contributed by atoms with van der Waals surface area (Å²) in [4.78, 5) is 10.6. The second-order valence-electron chi connectivity index (χ2n) is 4.22. The van der Waals surface area contributed by atoms with Crippen molar-refractivity contribution in [1.82, 2.24) is 0 Å². The Kier molecular flexibility index (Phi) is 7.75. The third-order valence-corrected chi connectivity index (χ3v) is 4.69. The largest absolute Gasteiger partial charge is 0.390 e. The zero-order valence-electron chi connectivity index (χ0n) is 10.1. The Labute approximate surface area is 102 Å². The molecule has 0 aromatic heterocycles. The smallest absolute Gasteiger partial charge is 0.125 e. The fourth-order valence-corrected chi connectivity index (χ4v) is 4.54. The van der Waals surface area contributed by atoms with Crippen LogP contribution in [0.25, 0.3) is 0 Å². The van der Waals surface area contributed by atoms with E-state index in [1.165, 1.54) is 0 Å². The van der Waals surface area contributed by atoms with Gasteiger partial charge in [-0.25, -0.2) is 0 Å². The molecule has 0 heterocycles. The molecule has 15 heavy (non-hydrogen) atoms. The number of rotatable bonds is 7. The molecule has 0 aliphatic carbocycles. The molecule has 90 valence electrons. The van der Waals surface area contributed by atoms with Gasteiger partial charge in [0.25, 0.3) is 0 Å². The number of aliphatic hydroxyl groups excluding tert-OH is 1. The molecule has 0 amide bonds. The molecule has 2 nitrogen and oxygen atoms in total. The van der Waals surface area contributed by atoms with Crippen LogP contribution in [0.15, 0.2) is 0 Å². The van der Waals surface area contributed by atoms with Gasteiger partial charge in [0.2, 0.25) is 0 Å². The lowest BCUT2D eigenvalue weighted by molar-refractivity contribution is -0.113. The summed E-state index contributed by atoms with van der Waals surface area (Å²) in [5.74, 6) is -0.285. The van der Waals surface area contributed by atoms with Crippen LogP contribution in [0.3, 0.4) is 0 Å². The predicted molar refractivity (Wildman–Crippen MR) is 70.5 cm³/mol. The van der Waals surface area contributed by atoms with Gasteiger partial charge in [0.05, 0.1) is 10.7 Å². The Bertz CT molecular complexity index is 173. The maximum Gasteiger partial charge on any atom is 0.125 e. The van der Waals surface area contributed by atoms with E-state index in [1.807, 2.05) is 0 Å². The lowest BCUT2D eigenvalue weighted by atomic mass is 10.1. The van der Waals surface area contributed by atoms with Crippen molar-refractivity contribution in [3.8, 4) is 0 Å². The first kappa shape index (κ1) is 15.3. The quantitative estimate of drug-likeness (QED) is 0.557. The van der Waals surface area contributed by atoms with Gasteiger partial charge in [-0.2, -0.15) is 0 Å². The number of carbonyl (C=O) groups is 1. The van der Waals surface area contributed by atoms with E-state index in [0.717, 1.165) is 6.29 Å². The Hall–Kier alpha value is 0.330. The molecule has 0 rings (SSSR count). The first-order chi connectivity index (χ1) is 6.88. The van der Waals surface area contributed by atoms with Crippen molar-refractivity contribution < 1.29 is 9.90 Å². The zero-order chi connectivity index (χ0) is 12.0. The van der Waals surface area contributed by atoms with Crippen LogP contribution in [0.4, 0.5) is 0 Å². The van der Waals surface area contributed by atoms with Gasteiger partial charge in [0.1, 0.15) is 6.29 Å². The molecule has 1 N–H and O–H groups in total. The van der Waals surface area contributed by atoms with E-state index in [-0.39, 0.29) is 10.5 Å². The Morgan fingerprint density at radius 1 is 1.00 bits per heavy atom. The summed E-state index contributed by atoms with van der Waals surface area (Å²) in [6.07, 6.45) is 0.279. The molecule has 0 aliphatic heterocycles. The molecular weight excluding hydrogens is 228 g/mol. The van der Waals surface area contributed by atoms with Gasteiger partial charge in [0.15, 0.2) is 0 Å². The van der Waals surface area contributed by atoms with Gasteiger partial charge >= 0.3 is 0 Å². The van der Waals surface area contributed by atoms with Crippen LogP contribution in [-0.2, 0) is 4.79 Å². The number of hydrogen-bond acceptors (Lipinski definition) is 4. The van der Waals surface area contributed by atoms with Gasteiger partial charge in [0, 0.05) is 16.4 Å². The molecule has 0 unspecified atom stereocenters. The van der Waals surface area contributed by atoms with Crippen molar-refractivity contribution in [2.24, 2.45) is 5.92 Å². The van der Waals surface area contributed by atoms with Crippen LogP contribution in [0, 0.1) is 5.92 Å². The van der Waals surface area contributed by atoms with Crippen molar-refractivity contribution in [3.63, 3.8) is 0 Å². The topological polar surface area (TPSA) is 37.3 Å². The van der Waals surface area contributed by atoms with E-state index >= 15 is 0 Å². The second kappa shape index (κ2) is 7.58. The summed E-state index contributed by atoms with van der Waals surface area (Å²) in [6.45, 7) is 10.2. The van der Waals surface area contributed by atoms with E-state index in [2.05, 4.69) is 27.7 Å². The first-order valence-corrected chi connectivity index (χ1v) is 7.21. The van der Waals surface area contributed by atoms with E-state index in [4.69, 9.17) is 0 Å². The van der Waals surface area contributed by atoms with Crippen molar-refractivity contribution >= 4 is 29.8 Å². The van der Waals surface area contributed by atoms with Crippen molar-refractivity contribution in [1.29, 1.82) is 0 Å². The van der Waals surface area contributed by atoms with Gasteiger partial charge in [-0.05, 0) is 0 Å². The molecule has 0 bridgehead atoms. The summed E-state index contributed by atoms with van der Waals surface area (Å²) < 4.78 is 0.0881. The highest BCUT2D eigenvalue weighted by Gasteiger charge is 2.27. The molecule has 0 saturated heterocycles. The predicted octanol–water partition coefficient (Wildman–Crippen LogP) is 2.79. The number of thioether (sulfide) groups is 2. The number of carbonyl (C=O) groups excluding carboxylic acids is 1. The standard InChI is InChI=1S/C11H22O2S2/c1-7(2)14-11(15-8(3)4)10(13)9(5)6-12/h6-11,13H,1-5H3/t9-,10-/m1/s1. The summed E-state index contributed by atoms with van der Waals surface area (Å²) in [6, 6.07) is 0. The average molecular weight is 250 g/mol. The second-order valence-corrected chi connectivity index (χ2v) is 7.97. The highest BCUT2D eigenvalue weighted by atomic mass is 32.2. The molecule has 0 aromatic carbocycles. The molecule has 0 spiro atoms. The molecular formula is C11H22O2S2. The summed E-state index contributed by atoms with van der Waals surface area (Å²) in [5.41, 5.74) is 0. The summed E-state index contributed by atoms with van der Waals surface area (Å²) >= 11 is 3.47. The number of aldehydes is 1. The SMILES string of the molecule is CC(C)SC(SC(C)C)[C@H](O)[C@H](C)C=O. The van der Waals surface area contributed by atoms with Gasteiger partial charge in [-0.1, -0.05) is 34.6 Å². The Morgan fingerprint density at radius 3 is 1.67 bits per heavy atom. The van der Waals surface area contributed by atoms with Crippen LogP contribution in [0.5, 0.6) is 0 Å². The van der Waals surface area contributed by atoms with Crippen molar-refractivity contribution in [2.75, 3.05) is 0 Å². The Balaban J connectivity index is 4.39. The zero-order valence-corrected chi connectivity index (χ0v) is 11.8. The third-order valence-electron chi connectivity index (χ3n) is 1.84. The molecule has 0 saturated carbocycles. The number of aliphatic hydroxyl groups is 1. The van der Waals surface area contributed by atoms with Crippen LogP contribution < -0.4 is 0 Å². The van der Waals surface area contributed by atoms with Crippen LogP contribution in [0.2, 0.25) is 0 Å². The lowest BCUT2D eigenvalue weighted by Gasteiger charge is -2.27. The highest BCUT2D eigenvalue weighted by Crippen LogP contribution is 2.34. The van der Waals surface area contributed by atoms with Crippen LogP contribution in [0.1, 0.15) is 34.6 Å². The minimum Gasteiger partial charge on any atom is -0.390 e. The molecule has 2 atom stereocenters. The maximum absolute atomic E-state index is 10.6.